The van der Waals surface area contributed by atoms with Crippen LogP contribution in [0.1, 0.15) is 12.2 Å². The lowest BCUT2D eigenvalue weighted by Gasteiger charge is -2.07. The maximum Gasteiger partial charge on any atom is 0.135 e. The minimum Gasteiger partial charge on any atom is -0.388 e. The van der Waals surface area contributed by atoms with E-state index in [0.29, 0.717) is 12.4 Å². The van der Waals surface area contributed by atoms with E-state index in [4.69, 9.17) is 23.2 Å². The van der Waals surface area contributed by atoms with Gasteiger partial charge in [-0.2, -0.15) is 0 Å². The average molecular weight is 271 g/mol. The Labute approximate surface area is 109 Å². The molecule has 1 aromatic heterocycles. The van der Waals surface area contributed by atoms with E-state index in [9.17, 15) is 5.11 Å². The smallest absolute Gasteiger partial charge is 0.135 e. The number of aromatic nitrogens is 2. The van der Waals surface area contributed by atoms with Crippen LogP contribution < -0.4 is 0 Å². The standard InChI is InChI=1S/C12H12Cl2N2O/c13-12(14)5-8(12)6-16-10-4-2-1-3-9(10)15-11(16)7-17/h1-4,8,17H,5-7H2/t8-/m1/s1. The average Bonchev–Trinajstić information content (AvgIpc) is 2.76. The molecule has 1 fully saturated rings. The number of aliphatic hydroxyl groups excluding tert-OH is 1. The molecule has 0 radical (unpaired) electrons. The molecular weight excluding hydrogens is 259 g/mol. The van der Waals surface area contributed by atoms with Crippen LogP contribution in [-0.4, -0.2) is 19.0 Å². The van der Waals surface area contributed by atoms with Crippen molar-refractivity contribution in [3.8, 4) is 0 Å². The number of aliphatic hydroxyl groups is 1. The fourth-order valence-corrected chi connectivity index (χ4v) is 2.65. The van der Waals surface area contributed by atoms with Crippen molar-refractivity contribution in [2.24, 2.45) is 5.92 Å². The van der Waals surface area contributed by atoms with E-state index in [0.717, 1.165) is 17.5 Å². The van der Waals surface area contributed by atoms with E-state index < -0.39 is 4.33 Å². The first-order valence-corrected chi connectivity index (χ1v) is 6.30. The Morgan fingerprint density at radius 3 is 2.76 bits per heavy atom. The summed E-state index contributed by atoms with van der Waals surface area (Å²) in [6.45, 7) is 0.641. The molecule has 2 aromatic rings. The first kappa shape index (κ1) is 11.3. The van der Waals surface area contributed by atoms with Crippen molar-refractivity contribution in [1.82, 2.24) is 9.55 Å². The van der Waals surface area contributed by atoms with Crippen molar-refractivity contribution in [3.63, 3.8) is 0 Å². The highest BCUT2D eigenvalue weighted by atomic mass is 35.5. The molecule has 0 saturated heterocycles. The van der Waals surface area contributed by atoms with Crippen molar-refractivity contribution in [2.45, 2.75) is 23.9 Å². The maximum atomic E-state index is 9.33. The number of rotatable bonds is 3. The van der Waals surface area contributed by atoms with Crippen LogP contribution in [0.25, 0.3) is 11.0 Å². The van der Waals surface area contributed by atoms with Gasteiger partial charge in [-0.05, 0) is 18.6 Å². The van der Waals surface area contributed by atoms with Gasteiger partial charge < -0.3 is 9.67 Å². The molecule has 1 aliphatic rings. The molecule has 0 unspecified atom stereocenters. The van der Waals surface area contributed by atoms with Crippen molar-refractivity contribution in [1.29, 1.82) is 0 Å². The van der Waals surface area contributed by atoms with Crippen LogP contribution in [0.15, 0.2) is 24.3 Å². The van der Waals surface area contributed by atoms with Gasteiger partial charge in [-0.3, -0.25) is 0 Å². The largest absolute Gasteiger partial charge is 0.388 e. The summed E-state index contributed by atoms with van der Waals surface area (Å²) in [5.74, 6) is 0.913. The molecule has 1 aliphatic carbocycles. The first-order chi connectivity index (χ1) is 8.12. The van der Waals surface area contributed by atoms with E-state index in [1.807, 2.05) is 28.8 Å². The Kier molecular flexibility index (Phi) is 2.58. The van der Waals surface area contributed by atoms with E-state index in [1.54, 1.807) is 0 Å². The van der Waals surface area contributed by atoms with Gasteiger partial charge in [0, 0.05) is 12.5 Å². The predicted molar refractivity (Wildman–Crippen MR) is 68.2 cm³/mol. The van der Waals surface area contributed by atoms with E-state index in [1.165, 1.54) is 0 Å². The molecule has 1 N–H and O–H groups in total. The summed E-state index contributed by atoms with van der Waals surface area (Å²) in [5.41, 5.74) is 1.92. The van der Waals surface area contributed by atoms with E-state index in [2.05, 4.69) is 4.98 Å². The SMILES string of the molecule is OCc1nc2ccccc2n1C[C@H]1CC1(Cl)Cl. The summed E-state index contributed by atoms with van der Waals surface area (Å²) in [5, 5.41) is 9.33. The Hall–Kier alpha value is -0.770. The third-order valence-corrected chi connectivity index (χ3v) is 4.16. The summed E-state index contributed by atoms with van der Waals surface area (Å²) >= 11 is 12.1. The summed E-state index contributed by atoms with van der Waals surface area (Å²) in [4.78, 5) is 4.39. The third-order valence-electron chi connectivity index (χ3n) is 3.23. The summed E-state index contributed by atoms with van der Waals surface area (Å²) < 4.78 is 1.41. The zero-order valence-electron chi connectivity index (χ0n) is 9.11. The number of imidazole rings is 1. The fraction of sp³-hybridized carbons (Fsp3) is 0.417. The molecule has 0 aliphatic heterocycles. The number of alkyl halides is 2. The lowest BCUT2D eigenvalue weighted by molar-refractivity contribution is 0.265. The Morgan fingerprint density at radius 2 is 2.12 bits per heavy atom. The topological polar surface area (TPSA) is 38.1 Å². The number of benzene rings is 1. The van der Waals surface area contributed by atoms with Crippen LogP contribution in [0, 0.1) is 5.92 Å². The van der Waals surface area contributed by atoms with Crippen LogP contribution in [0.3, 0.4) is 0 Å². The first-order valence-electron chi connectivity index (χ1n) is 5.54. The van der Waals surface area contributed by atoms with Gasteiger partial charge in [-0.1, -0.05) is 12.1 Å². The lowest BCUT2D eigenvalue weighted by Crippen LogP contribution is -2.08. The molecule has 0 spiro atoms. The van der Waals surface area contributed by atoms with Crippen molar-refractivity contribution < 1.29 is 5.11 Å². The van der Waals surface area contributed by atoms with Crippen LogP contribution in [0.2, 0.25) is 0 Å². The molecule has 3 rings (SSSR count). The number of halogens is 2. The summed E-state index contributed by atoms with van der Waals surface area (Å²) in [7, 11) is 0. The van der Waals surface area contributed by atoms with Gasteiger partial charge in [-0.25, -0.2) is 4.98 Å². The van der Waals surface area contributed by atoms with Gasteiger partial charge in [0.1, 0.15) is 16.8 Å². The second-order valence-electron chi connectivity index (χ2n) is 4.45. The second-order valence-corrected chi connectivity index (χ2v) is 5.99. The number of hydrogen-bond donors (Lipinski definition) is 1. The van der Waals surface area contributed by atoms with Crippen LogP contribution in [-0.2, 0) is 13.2 Å². The second kappa shape index (κ2) is 3.87. The number of fused-ring (bicyclic) bond motifs is 1. The fourth-order valence-electron chi connectivity index (χ4n) is 2.14. The molecule has 1 saturated carbocycles. The molecule has 90 valence electrons. The Morgan fingerprint density at radius 1 is 1.41 bits per heavy atom. The molecule has 1 heterocycles. The summed E-state index contributed by atoms with van der Waals surface area (Å²) in [6.07, 6.45) is 0.799. The van der Waals surface area contributed by atoms with Crippen molar-refractivity contribution >= 4 is 34.2 Å². The van der Waals surface area contributed by atoms with Gasteiger partial charge in [0.15, 0.2) is 0 Å². The molecular formula is C12H12Cl2N2O. The van der Waals surface area contributed by atoms with Crippen molar-refractivity contribution in [2.75, 3.05) is 0 Å². The Balaban J connectivity index is 2.01. The zero-order chi connectivity index (χ0) is 12.0. The van der Waals surface area contributed by atoms with Gasteiger partial charge >= 0.3 is 0 Å². The highest BCUT2D eigenvalue weighted by Crippen LogP contribution is 2.54. The molecule has 0 bridgehead atoms. The van der Waals surface area contributed by atoms with Gasteiger partial charge in [0.25, 0.3) is 0 Å². The third kappa shape index (κ3) is 1.92. The van der Waals surface area contributed by atoms with E-state index >= 15 is 0 Å². The minimum absolute atomic E-state index is 0.0705. The monoisotopic (exact) mass is 270 g/mol. The quantitative estimate of drug-likeness (QED) is 0.872. The molecule has 1 atom stereocenters. The van der Waals surface area contributed by atoms with Crippen LogP contribution >= 0.6 is 23.2 Å². The number of nitrogens with zero attached hydrogens (tertiary/aromatic N) is 2. The van der Waals surface area contributed by atoms with Gasteiger partial charge in [0.05, 0.1) is 11.0 Å². The van der Waals surface area contributed by atoms with Crippen LogP contribution in [0.4, 0.5) is 0 Å². The number of hydrogen-bond acceptors (Lipinski definition) is 2. The molecule has 5 heteroatoms. The Bertz CT molecular complexity index is 565. The summed E-state index contributed by atoms with van der Waals surface area (Å²) in [6, 6.07) is 7.83. The van der Waals surface area contributed by atoms with Gasteiger partial charge in [-0.15, -0.1) is 23.2 Å². The minimum atomic E-state index is -0.599. The normalized spacial score (nSPS) is 21.9. The molecule has 1 aromatic carbocycles. The highest BCUT2D eigenvalue weighted by Gasteiger charge is 2.51. The molecule has 3 nitrogen and oxygen atoms in total. The lowest BCUT2D eigenvalue weighted by atomic mass is 10.3. The number of para-hydroxylation sites is 2. The van der Waals surface area contributed by atoms with E-state index in [-0.39, 0.29) is 12.5 Å². The highest BCUT2D eigenvalue weighted by molar-refractivity contribution is 6.50. The maximum absolute atomic E-state index is 9.33. The van der Waals surface area contributed by atoms with Gasteiger partial charge in [0.2, 0.25) is 0 Å². The van der Waals surface area contributed by atoms with Crippen molar-refractivity contribution in [3.05, 3.63) is 30.1 Å². The molecule has 0 amide bonds. The van der Waals surface area contributed by atoms with Crippen LogP contribution in [0.5, 0.6) is 0 Å². The predicted octanol–water partition coefficient (Wildman–Crippen LogP) is 2.72. The molecule has 17 heavy (non-hydrogen) atoms. The zero-order valence-corrected chi connectivity index (χ0v) is 10.6.